The first-order valence-corrected chi connectivity index (χ1v) is 7.52. The van der Waals surface area contributed by atoms with E-state index in [1.54, 1.807) is 7.05 Å². The summed E-state index contributed by atoms with van der Waals surface area (Å²) in [6.45, 7) is 0.581. The minimum absolute atomic E-state index is 0.0262. The first-order chi connectivity index (χ1) is 8.63. The van der Waals surface area contributed by atoms with Gasteiger partial charge >= 0.3 is 5.97 Å². The Labute approximate surface area is 118 Å². The van der Waals surface area contributed by atoms with E-state index in [0.29, 0.717) is 16.8 Å². The zero-order chi connectivity index (χ0) is 13.4. The molecule has 0 aromatic heterocycles. The van der Waals surface area contributed by atoms with Crippen LogP contribution in [0.1, 0.15) is 19.3 Å². The van der Waals surface area contributed by atoms with Crippen molar-refractivity contribution in [3.63, 3.8) is 0 Å². The van der Waals surface area contributed by atoms with Crippen LogP contribution in [0.5, 0.6) is 0 Å². The number of nitrogens with zero attached hydrogens (tertiary/aromatic N) is 1. The summed E-state index contributed by atoms with van der Waals surface area (Å²) < 4.78 is 5.88. The monoisotopic (exact) mass is 289 g/mol. The van der Waals surface area contributed by atoms with Crippen molar-refractivity contribution in [1.29, 1.82) is 0 Å². The average Bonchev–Trinajstić information content (AvgIpc) is 2.38. The van der Waals surface area contributed by atoms with Gasteiger partial charge in [0, 0.05) is 7.05 Å². The third-order valence-electron chi connectivity index (χ3n) is 2.62. The van der Waals surface area contributed by atoms with Crippen LogP contribution in [-0.2, 0) is 14.4 Å². The standard InChI is InChI=1S/C12H19NO3S2/c1-13(12(17)18-2)16-11(14)9-15-8-10-6-4-3-5-7-10/h3-4,10H,5-9H2,1-2H3. The zero-order valence-electron chi connectivity index (χ0n) is 10.8. The number of hydrogen-bond donors (Lipinski definition) is 0. The van der Waals surface area contributed by atoms with Crippen LogP contribution >= 0.6 is 24.0 Å². The Morgan fingerprint density at radius 3 is 2.94 bits per heavy atom. The molecule has 0 saturated heterocycles. The van der Waals surface area contributed by atoms with Gasteiger partial charge in [0.05, 0.1) is 6.61 Å². The Balaban J connectivity index is 2.13. The number of hydroxylamine groups is 2. The molecule has 0 saturated carbocycles. The summed E-state index contributed by atoms with van der Waals surface area (Å²) in [6, 6.07) is 0. The van der Waals surface area contributed by atoms with Crippen LogP contribution in [0.25, 0.3) is 0 Å². The molecule has 102 valence electrons. The number of allylic oxidation sites excluding steroid dienone is 2. The van der Waals surface area contributed by atoms with E-state index in [4.69, 9.17) is 21.8 Å². The number of hydrogen-bond acceptors (Lipinski definition) is 5. The average molecular weight is 289 g/mol. The highest BCUT2D eigenvalue weighted by Gasteiger charge is 2.13. The van der Waals surface area contributed by atoms with Gasteiger partial charge in [-0.1, -0.05) is 23.9 Å². The second-order valence-corrected chi connectivity index (χ2v) is 5.54. The fraction of sp³-hybridized carbons (Fsp3) is 0.667. The number of thioether (sulfide) groups is 1. The summed E-state index contributed by atoms with van der Waals surface area (Å²) in [5, 5.41) is 1.29. The molecule has 18 heavy (non-hydrogen) atoms. The van der Waals surface area contributed by atoms with Crippen LogP contribution in [0, 0.1) is 5.92 Å². The zero-order valence-corrected chi connectivity index (χ0v) is 12.4. The van der Waals surface area contributed by atoms with Gasteiger partial charge in [-0.15, -0.1) is 0 Å². The van der Waals surface area contributed by atoms with E-state index in [1.165, 1.54) is 16.8 Å². The van der Waals surface area contributed by atoms with E-state index in [0.717, 1.165) is 19.3 Å². The molecule has 0 N–H and O–H groups in total. The van der Waals surface area contributed by atoms with Crippen molar-refractivity contribution in [3.8, 4) is 0 Å². The van der Waals surface area contributed by atoms with Gasteiger partial charge in [0.15, 0.2) is 4.32 Å². The third-order valence-corrected chi connectivity index (χ3v) is 3.99. The number of thiocarbonyl (C=S) groups is 1. The molecular weight excluding hydrogens is 270 g/mol. The minimum atomic E-state index is -0.416. The molecule has 1 unspecified atom stereocenters. The fourth-order valence-corrected chi connectivity index (χ4v) is 1.99. The maximum Gasteiger partial charge on any atom is 0.357 e. The molecular formula is C12H19NO3S2. The molecule has 0 amide bonds. The quantitative estimate of drug-likeness (QED) is 0.449. The molecule has 0 aliphatic heterocycles. The first-order valence-electron chi connectivity index (χ1n) is 5.88. The summed E-state index contributed by atoms with van der Waals surface area (Å²) in [5.74, 6) is 0.105. The summed E-state index contributed by atoms with van der Waals surface area (Å²) in [5.41, 5.74) is 0. The van der Waals surface area contributed by atoms with E-state index < -0.39 is 5.97 Å². The van der Waals surface area contributed by atoms with Gasteiger partial charge in [0.25, 0.3) is 0 Å². The van der Waals surface area contributed by atoms with Crippen molar-refractivity contribution in [2.45, 2.75) is 19.3 Å². The maximum absolute atomic E-state index is 11.4. The minimum Gasteiger partial charge on any atom is -0.369 e. The van der Waals surface area contributed by atoms with Gasteiger partial charge in [0.1, 0.15) is 6.61 Å². The van der Waals surface area contributed by atoms with Crippen molar-refractivity contribution >= 4 is 34.3 Å². The summed E-state index contributed by atoms with van der Waals surface area (Å²) in [6.07, 6.45) is 9.44. The number of ether oxygens (including phenoxy) is 1. The predicted octanol–water partition coefficient (Wildman–Crippen LogP) is 2.40. The van der Waals surface area contributed by atoms with Gasteiger partial charge < -0.3 is 9.57 Å². The van der Waals surface area contributed by atoms with Crippen LogP contribution in [0.3, 0.4) is 0 Å². The van der Waals surface area contributed by atoms with E-state index in [-0.39, 0.29) is 6.61 Å². The molecule has 0 aromatic rings. The lowest BCUT2D eigenvalue weighted by atomic mass is 9.95. The Morgan fingerprint density at radius 1 is 1.56 bits per heavy atom. The molecule has 4 nitrogen and oxygen atoms in total. The summed E-state index contributed by atoms with van der Waals surface area (Å²) in [4.78, 5) is 16.4. The lowest BCUT2D eigenvalue weighted by molar-refractivity contribution is -0.173. The lowest BCUT2D eigenvalue weighted by Crippen LogP contribution is -2.29. The number of carbonyl (C=O) groups is 1. The van der Waals surface area contributed by atoms with Gasteiger partial charge in [-0.05, 0) is 43.7 Å². The van der Waals surface area contributed by atoms with E-state index in [9.17, 15) is 4.79 Å². The topological polar surface area (TPSA) is 38.8 Å². The SMILES string of the molecule is CSC(=S)N(C)OC(=O)COCC1CC=CCC1. The molecule has 1 rings (SSSR count). The smallest absolute Gasteiger partial charge is 0.357 e. The molecule has 6 heteroatoms. The highest BCUT2D eigenvalue weighted by Crippen LogP contribution is 2.18. The van der Waals surface area contributed by atoms with Crippen LogP contribution in [0.4, 0.5) is 0 Å². The molecule has 0 radical (unpaired) electrons. The Kier molecular flexibility index (Phi) is 7.31. The van der Waals surface area contributed by atoms with Gasteiger partial charge in [-0.25, -0.2) is 4.79 Å². The summed E-state index contributed by atoms with van der Waals surface area (Å²) in [7, 11) is 1.61. The van der Waals surface area contributed by atoms with Crippen molar-refractivity contribution in [2.24, 2.45) is 5.92 Å². The molecule has 1 aliphatic carbocycles. The van der Waals surface area contributed by atoms with Crippen molar-refractivity contribution in [2.75, 3.05) is 26.5 Å². The van der Waals surface area contributed by atoms with Crippen molar-refractivity contribution in [3.05, 3.63) is 12.2 Å². The molecule has 1 atom stereocenters. The predicted molar refractivity (Wildman–Crippen MR) is 77.3 cm³/mol. The normalized spacial score (nSPS) is 18.4. The van der Waals surface area contributed by atoms with Crippen LogP contribution in [0.2, 0.25) is 0 Å². The molecule has 0 bridgehead atoms. The Hall–Kier alpha value is -0.590. The molecule has 0 aromatic carbocycles. The number of rotatable bonds is 4. The fourth-order valence-electron chi connectivity index (χ4n) is 1.66. The second kappa shape index (κ2) is 8.50. The van der Waals surface area contributed by atoms with Gasteiger partial charge in [0.2, 0.25) is 0 Å². The molecule has 1 aliphatic rings. The molecule has 0 spiro atoms. The first kappa shape index (κ1) is 15.5. The Morgan fingerprint density at radius 2 is 2.33 bits per heavy atom. The molecule has 0 heterocycles. The van der Waals surface area contributed by atoms with Gasteiger partial charge in [-0.2, -0.15) is 5.06 Å². The van der Waals surface area contributed by atoms with Gasteiger partial charge in [-0.3, -0.25) is 0 Å². The van der Waals surface area contributed by atoms with E-state index in [1.807, 2.05) is 6.26 Å². The largest absolute Gasteiger partial charge is 0.369 e. The highest BCUT2D eigenvalue weighted by molar-refractivity contribution is 8.22. The van der Waals surface area contributed by atoms with Crippen molar-refractivity contribution < 1.29 is 14.4 Å². The van der Waals surface area contributed by atoms with Crippen molar-refractivity contribution in [1.82, 2.24) is 5.06 Å². The second-order valence-electron chi connectivity index (χ2n) is 4.10. The van der Waals surface area contributed by atoms with E-state index in [2.05, 4.69) is 12.2 Å². The lowest BCUT2D eigenvalue weighted by Gasteiger charge is -2.19. The van der Waals surface area contributed by atoms with Crippen LogP contribution < -0.4 is 0 Å². The van der Waals surface area contributed by atoms with E-state index >= 15 is 0 Å². The van der Waals surface area contributed by atoms with Crippen LogP contribution in [-0.4, -0.2) is 41.9 Å². The summed E-state index contributed by atoms with van der Waals surface area (Å²) >= 11 is 6.33. The third kappa shape index (κ3) is 5.84. The maximum atomic E-state index is 11.4. The Bertz CT molecular complexity index is 320. The van der Waals surface area contributed by atoms with Crippen LogP contribution in [0.15, 0.2) is 12.2 Å². The highest BCUT2D eigenvalue weighted by atomic mass is 32.2. The molecule has 0 fully saturated rings. The number of carbonyl (C=O) groups excluding carboxylic acids is 1.